The van der Waals surface area contributed by atoms with Crippen LogP contribution < -0.4 is 14.4 Å². The molecular formula is C21H25NO3. The average molecular weight is 339 g/mol. The molecule has 0 unspecified atom stereocenters. The van der Waals surface area contributed by atoms with E-state index in [4.69, 9.17) is 9.47 Å². The molecule has 0 fully saturated rings. The number of allylic oxidation sites excluding steroid dienone is 1. The van der Waals surface area contributed by atoms with E-state index in [1.54, 1.807) is 32.4 Å². The van der Waals surface area contributed by atoms with Gasteiger partial charge in [-0.1, -0.05) is 19.1 Å². The Labute approximate surface area is 149 Å². The van der Waals surface area contributed by atoms with E-state index in [0.717, 1.165) is 16.8 Å². The molecule has 0 saturated heterocycles. The zero-order valence-electron chi connectivity index (χ0n) is 15.5. The molecule has 0 atom stereocenters. The van der Waals surface area contributed by atoms with Crippen molar-refractivity contribution in [1.82, 2.24) is 0 Å². The van der Waals surface area contributed by atoms with Crippen molar-refractivity contribution in [3.05, 3.63) is 59.2 Å². The van der Waals surface area contributed by atoms with Crippen LogP contribution in [-0.2, 0) is 0 Å². The van der Waals surface area contributed by atoms with E-state index in [-0.39, 0.29) is 5.78 Å². The number of ether oxygens (including phenoxy) is 2. The first-order valence-corrected chi connectivity index (χ1v) is 8.24. The lowest BCUT2D eigenvalue weighted by atomic mass is 9.98. The van der Waals surface area contributed by atoms with Crippen LogP contribution in [0.15, 0.2) is 48.0 Å². The molecule has 0 aromatic heterocycles. The lowest BCUT2D eigenvalue weighted by molar-refractivity contribution is 0.102. The molecule has 2 rings (SSSR count). The van der Waals surface area contributed by atoms with Crippen molar-refractivity contribution in [2.75, 3.05) is 33.2 Å². The van der Waals surface area contributed by atoms with Crippen LogP contribution in [0.25, 0.3) is 6.08 Å². The van der Waals surface area contributed by atoms with Gasteiger partial charge in [0.25, 0.3) is 0 Å². The highest BCUT2D eigenvalue weighted by atomic mass is 16.5. The van der Waals surface area contributed by atoms with Gasteiger partial charge in [0.05, 0.1) is 19.8 Å². The van der Waals surface area contributed by atoms with E-state index >= 15 is 0 Å². The number of benzene rings is 2. The number of anilines is 1. The summed E-state index contributed by atoms with van der Waals surface area (Å²) >= 11 is 0. The molecule has 4 nitrogen and oxygen atoms in total. The molecule has 132 valence electrons. The van der Waals surface area contributed by atoms with Gasteiger partial charge in [0, 0.05) is 25.4 Å². The molecule has 2 aromatic carbocycles. The van der Waals surface area contributed by atoms with Crippen LogP contribution >= 0.6 is 0 Å². The molecule has 0 spiro atoms. The summed E-state index contributed by atoms with van der Waals surface area (Å²) in [5.74, 6) is 1.14. The van der Waals surface area contributed by atoms with Crippen molar-refractivity contribution in [2.45, 2.75) is 13.3 Å². The Morgan fingerprint density at radius 1 is 1.04 bits per heavy atom. The van der Waals surface area contributed by atoms with E-state index in [0.29, 0.717) is 23.5 Å². The fourth-order valence-corrected chi connectivity index (χ4v) is 2.56. The number of carbonyl (C=O) groups excluding carboxylic acids is 1. The smallest absolute Gasteiger partial charge is 0.192 e. The predicted octanol–water partition coefficient (Wildman–Crippen LogP) is 4.45. The summed E-state index contributed by atoms with van der Waals surface area (Å²) in [5.41, 5.74) is 3.36. The first kappa shape index (κ1) is 18.6. The normalized spacial score (nSPS) is 11.2. The Morgan fingerprint density at radius 2 is 1.72 bits per heavy atom. The maximum absolute atomic E-state index is 13.0. The van der Waals surface area contributed by atoms with Gasteiger partial charge >= 0.3 is 0 Å². The third-order valence-electron chi connectivity index (χ3n) is 4.07. The molecule has 0 heterocycles. The number of methoxy groups -OCH3 is 2. The number of rotatable bonds is 7. The molecule has 2 aromatic rings. The molecule has 0 aliphatic rings. The highest BCUT2D eigenvalue weighted by Crippen LogP contribution is 2.28. The van der Waals surface area contributed by atoms with Crippen molar-refractivity contribution in [2.24, 2.45) is 0 Å². The van der Waals surface area contributed by atoms with E-state index in [1.807, 2.05) is 56.3 Å². The lowest BCUT2D eigenvalue weighted by Gasteiger charge is -2.13. The second kappa shape index (κ2) is 8.38. The van der Waals surface area contributed by atoms with Gasteiger partial charge in [0.15, 0.2) is 5.78 Å². The minimum absolute atomic E-state index is 0.0464. The van der Waals surface area contributed by atoms with Crippen LogP contribution in [0.3, 0.4) is 0 Å². The van der Waals surface area contributed by atoms with Crippen molar-refractivity contribution in [3.8, 4) is 11.5 Å². The van der Waals surface area contributed by atoms with Crippen LogP contribution in [0.2, 0.25) is 0 Å². The Kier molecular flexibility index (Phi) is 6.23. The van der Waals surface area contributed by atoms with Gasteiger partial charge in [0.2, 0.25) is 0 Å². The first-order chi connectivity index (χ1) is 12.0. The predicted molar refractivity (Wildman–Crippen MR) is 103 cm³/mol. The van der Waals surface area contributed by atoms with Crippen molar-refractivity contribution < 1.29 is 14.3 Å². The monoisotopic (exact) mass is 339 g/mol. The van der Waals surface area contributed by atoms with Crippen molar-refractivity contribution in [1.29, 1.82) is 0 Å². The Bertz CT molecular complexity index is 761. The van der Waals surface area contributed by atoms with Gasteiger partial charge < -0.3 is 14.4 Å². The zero-order chi connectivity index (χ0) is 18.4. The Morgan fingerprint density at radius 3 is 2.24 bits per heavy atom. The SMILES string of the molecule is CC/C(=C\c1ccc(N(C)C)cc1)C(=O)c1cc(OC)ccc1OC. The van der Waals surface area contributed by atoms with E-state index in [2.05, 4.69) is 0 Å². The van der Waals surface area contributed by atoms with Crippen LogP contribution in [-0.4, -0.2) is 34.1 Å². The highest BCUT2D eigenvalue weighted by Gasteiger charge is 2.17. The number of hydrogen-bond donors (Lipinski definition) is 0. The van der Waals surface area contributed by atoms with Crippen LogP contribution in [0.1, 0.15) is 29.3 Å². The van der Waals surface area contributed by atoms with Gasteiger partial charge in [-0.2, -0.15) is 0 Å². The summed E-state index contributed by atoms with van der Waals surface area (Å²) in [6.45, 7) is 1.98. The number of Topliss-reactive ketones (excluding diaryl/α,β-unsaturated/α-hetero) is 1. The summed E-state index contributed by atoms with van der Waals surface area (Å²) in [7, 11) is 7.15. The van der Waals surface area contributed by atoms with Crippen LogP contribution in [0, 0.1) is 0 Å². The summed E-state index contributed by atoms with van der Waals surface area (Å²) < 4.78 is 10.6. The largest absolute Gasteiger partial charge is 0.497 e. The molecule has 0 saturated carbocycles. The van der Waals surface area contributed by atoms with Gasteiger partial charge in [-0.3, -0.25) is 4.79 Å². The zero-order valence-corrected chi connectivity index (χ0v) is 15.5. The molecule has 25 heavy (non-hydrogen) atoms. The van der Waals surface area contributed by atoms with Gasteiger partial charge in [-0.25, -0.2) is 0 Å². The van der Waals surface area contributed by atoms with Crippen LogP contribution in [0.4, 0.5) is 5.69 Å². The number of nitrogens with zero attached hydrogens (tertiary/aromatic N) is 1. The molecule has 0 radical (unpaired) electrons. The number of carbonyl (C=O) groups is 1. The first-order valence-electron chi connectivity index (χ1n) is 8.24. The van der Waals surface area contributed by atoms with E-state index in [9.17, 15) is 4.79 Å². The molecule has 0 aliphatic carbocycles. The number of ketones is 1. The maximum Gasteiger partial charge on any atom is 0.192 e. The Hall–Kier alpha value is -2.75. The highest BCUT2D eigenvalue weighted by molar-refractivity contribution is 6.13. The molecule has 0 bridgehead atoms. The Balaban J connectivity index is 2.38. The molecule has 0 N–H and O–H groups in total. The third-order valence-corrected chi connectivity index (χ3v) is 4.07. The third kappa shape index (κ3) is 4.41. The summed E-state index contributed by atoms with van der Waals surface area (Å²) in [4.78, 5) is 15.0. The van der Waals surface area contributed by atoms with E-state index < -0.39 is 0 Å². The quantitative estimate of drug-likeness (QED) is 0.552. The molecular weight excluding hydrogens is 314 g/mol. The van der Waals surface area contributed by atoms with Crippen molar-refractivity contribution >= 4 is 17.5 Å². The molecule has 4 heteroatoms. The lowest BCUT2D eigenvalue weighted by Crippen LogP contribution is -2.08. The van der Waals surface area contributed by atoms with Gasteiger partial charge in [-0.15, -0.1) is 0 Å². The second-order valence-electron chi connectivity index (χ2n) is 5.90. The standard InChI is InChI=1S/C21H25NO3/c1-6-16(13-15-7-9-17(10-8-15)22(2)3)21(23)19-14-18(24-4)11-12-20(19)25-5/h7-14H,6H2,1-5H3/b16-13+. The summed E-state index contributed by atoms with van der Waals surface area (Å²) in [5, 5.41) is 0. The van der Waals surface area contributed by atoms with Gasteiger partial charge in [-0.05, 0) is 48.4 Å². The minimum Gasteiger partial charge on any atom is -0.497 e. The van der Waals surface area contributed by atoms with E-state index in [1.165, 1.54) is 0 Å². The minimum atomic E-state index is -0.0464. The number of hydrogen-bond acceptors (Lipinski definition) is 4. The fraction of sp³-hybridized carbons (Fsp3) is 0.286. The van der Waals surface area contributed by atoms with Crippen molar-refractivity contribution in [3.63, 3.8) is 0 Å². The molecule has 0 amide bonds. The van der Waals surface area contributed by atoms with Crippen LogP contribution in [0.5, 0.6) is 11.5 Å². The van der Waals surface area contributed by atoms with Gasteiger partial charge in [0.1, 0.15) is 11.5 Å². The fourth-order valence-electron chi connectivity index (χ4n) is 2.56. The summed E-state index contributed by atoms with van der Waals surface area (Å²) in [6, 6.07) is 13.4. The maximum atomic E-state index is 13.0. The molecule has 0 aliphatic heterocycles. The topological polar surface area (TPSA) is 38.8 Å². The average Bonchev–Trinajstić information content (AvgIpc) is 2.65. The second-order valence-corrected chi connectivity index (χ2v) is 5.90. The summed E-state index contributed by atoms with van der Waals surface area (Å²) in [6.07, 6.45) is 2.56.